The maximum Gasteiger partial charge on any atom is 0.131 e. The van der Waals surface area contributed by atoms with E-state index in [9.17, 15) is 0 Å². The minimum atomic E-state index is 0.695. The van der Waals surface area contributed by atoms with Crippen molar-refractivity contribution in [2.24, 2.45) is 5.73 Å². The Hall–Kier alpha value is -1.13. The number of aryl methyl sites for hydroxylation is 1. The number of pyridine rings is 1. The highest BCUT2D eigenvalue weighted by molar-refractivity contribution is 5.47. The Labute approximate surface area is 128 Å². The largest absolute Gasteiger partial charge is 0.354 e. The van der Waals surface area contributed by atoms with Gasteiger partial charge in [0.25, 0.3) is 0 Å². The highest BCUT2D eigenvalue weighted by Crippen LogP contribution is 2.26. The van der Waals surface area contributed by atoms with Crippen LogP contribution in [0.25, 0.3) is 0 Å². The molecule has 0 bridgehead atoms. The molecule has 0 unspecified atom stereocenters. The summed E-state index contributed by atoms with van der Waals surface area (Å²) in [5.41, 5.74) is 8.16. The van der Waals surface area contributed by atoms with E-state index in [1.54, 1.807) is 0 Å². The van der Waals surface area contributed by atoms with Crippen molar-refractivity contribution in [3.8, 4) is 0 Å². The summed E-state index contributed by atoms with van der Waals surface area (Å²) in [6, 6.07) is 3.10. The van der Waals surface area contributed by atoms with Crippen molar-refractivity contribution < 1.29 is 0 Å². The number of hydrogen-bond donors (Lipinski definition) is 1. The summed E-state index contributed by atoms with van der Waals surface area (Å²) in [4.78, 5) is 9.84. The molecule has 2 heterocycles. The van der Waals surface area contributed by atoms with E-state index in [0.717, 1.165) is 25.6 Å². The quantitative estimate of drug-likeness (QED) is 0.920. The van der Waals surface area contributed by atoms with Gasteiger partial charge in [0.15, 0.2) is 0 Å². The molecule has 0 atom stereocenters. The fourth-order valence-electron chi connectivity index (χ4n) is 3.83. The highest BCUT2D eigenvalue weighted by atomic mass is 15.3. The van der Waals surface area contributed by atoms with Gasteiger partial charge in [-0.2, -0.15) is 0 Å². The van der Waals surface area contributed by atoms with Crippen LogP contribution in [-0.2, 0) is 6.42 Å². The Balaban J connectivity index is 1.61. The monoisotopic (exact) mass is 288 g/mol. The van der Waals surface area contributed by atoms with Gasteiger partial charge in [-0.25, -0.2) is 4.98 Å². The molecule has 21 heavy (non-hydrogen) atoms. The predicted molar refractivity (Wildman–Crippen MR) is 87.8 cm³/mol. The van der Waals surface area contributed by atoms with Crippen molar-refractivity contribution >= 4 is 5.82 Å². The molecule has 0 aromatic carbocycles. The minimum Gasteiger partial charge on any atom is -0.354 e. The van der Waals surface area contributed by atoms with E-state index in [-0.39, 0.29) is 0 Å². The third kappa shape index (κ3) is 3.38. The van der Waals surface area contributed by atoms with Crippen LogP contribution in [-0.4, -0.2) is 48.6 Å². The van der Waals surface area contributed by atoms with Crippen LogP contribution >= 0.6 is 0 Å². The molecule has 0 spiro atoms. The van der Waals surface area contributed by atoms with Gasteiger partial charge in [-0.3, -0.25) is 4.90 Å². The van der Waals surface area contributed by atoms with Gasteiger partial charge in [-0.05, 0) is 43.9 Å². The first-order valence-electron chi connectivity index (χ1n) is 8.42. The lowest BCUT2D eigenvalue weighted by molar-refractivity contribution is 0.187. The highest BCUT2D eigenvalue weighted by Gasteiger charge is 2.26. The maximum absolute atomic E-state index is 5.62. The van der Waals surface area contributed by atoms with Crippen LogP contribution in [0, 0.1) is 6.92 Å². The van der Waals surface area contributed by atoms with Crippen molar-refractivity contribution in [1.82, 2.24) is 9.88 Å². The van der Waals surface area contributed by atoms with Gasteiger partial charge in [0.05, 0.1) is 0 Å². The summed E-state index contributed by atoms with van der Waals surface area (Å²) < 4.78 is 0. The number of nitrogens with two attached hydrogens (primary N) is 1. The number of nitrogens with zero attached hydrogens (tertiary/aromatic N) is 3. The van der Waals surface area contributed by atoms with E-state index in [4.69, 9.17) is 10.7 Å². The molecule has 1 aromatic rings. The number of hydrogen-bond acceptors (Lipinski definition) is 4. The van der Waals surface area contributed by atoms with Crippen LogP contribution < -0.4 is 10.6 Å². The molecular formula is C17H28N4. The lowest BCUT2D eigenvalue weighted by Gasteiger charge is -2.39. The van der Waals surface area contributed by atoms with E-state index in [1.165, 1.54) is 55.7 Å². The number of aromatic nitrogens is 1. The van der Waals surface area contributed by atoms with Crippen LogP contribution in [0.5, 0.6) is 0 Å². The Morgan fingerprint density at radius 1 is 1.19 bits per heavy atom. The smallest absolute Gasteiger partial charge is 0.131 e. The van der Waals surface area contributed by atoms with E-state index in [2.05, 4.69) is 22.8 Å². The first-order chi connectivity index (χ1) is 10.3. The average molecular weight is 288 g/mol. The van der Waals surface area contributed by atoms with Crippen LogP contribution in [0.1, 0.15) is 36.8 Å². The lowest BCUT2D eigenvalue weighted by Crippen LogP contribution is -2.50. The fourth-order valence-corrected chi connectivity index (χ4v) is 3.83. The standard InChI is InChI=1S/C17H28N4/c1-14-12-15(6-7-18)13-19-17(14)21-10-8-20(9-11-21)16-4-2-3-5-16/h12-13,16H,2-11,18H2,1H3. The normalized spacial score (nSPS) is 21.1. The second-order valence-electron chi connectivity index (χ2n) is 6.48. The lowest BCUT2D eigenvalue weighted by atomic mass is 10.1. The summed E-state index contributed by atoms with van der Waals surface area (Å²) in [7, 11) is 0. The molecule has 2 N–H and O–H groups in total. The zero-order valence-electron chi connectivity index (χ0n) is 13.2. The zero-order valence-corrected chi connectivity index (χ0v) is 13.2. The molecule has 0 radical (unpaired) electrons. The molecule has 116 valence electrons. The SMILES string of the molecule is Cc1cc(CCN)cnc1N1CCN(C2CCCC2)CC1. The van der Waals surface area contributed by atoms with Crippen LogP contribution in [0.2, 0.25) is 0 Å². The molecule has 4 heteroatoms. The average Bonchev–Trinajstić information content (AvgIpc) is 3.02. The van der Waals surface area contributed by atoms with Crippen LogP contribution in [0.15, 0.2) is 12.3 Å². The minimum absolute atomic E-state index is 0.695. The molecule has 2 aliphatic rings. The second-order valence-corrected chi connectivity index (χ2v) is 6.48. The zero-order chi connectivity index (χ0) is 14.7. The Bertz CT molecular complexity index is 460. The van der Waals surface area contributed by atoms with Gasteiger partial charge in [-0.1, -0.05) is 18.9 Å². The van der Waals surface area contributed by atoms with E-state index in [0.29, 0.717) is 6.54 Å². The topological polar surface area (TPSA) is 45.4 Å². The summed E-state index contributed by atoms with van der Waals surface area (Å²) in [5, 5.41) is 0. The van der Waals surface area contributed by atoms with Crippen LogP contribution in [0.4, 0.5) is 5.82 Å². The molecular weight excluding hydrogens is 260 g/mol. The number of anilines is 1. The molecule has 3 rings (SSSR count). The predicted octanol–water partition coefficient (Wildman–Crippen LogP) is 1.96. The van der Waals surface area contributed by atoms with Gasteiger partial charge in [0, 0.05) is 38.4 Å². The van der Waals surface area contributed by atoms with Crippen molar-refractivity contribution in [2.45, 2.75) is 45.1 Å². The summed E-state index contributed by atoms with van der Waals surface area (Å²) in [6.45, 7) is 7.47. The molecule has 1 aliphatic carbocycles. The Kier molecular flexibility index (Phi) is 4.76. The summed E-state index contributed by atoms with van der Waals surface area (Å²) >= 11 is 0. The van der Waals surface area contributed by atoms with Gasteiger partial charge in [-0.15, -0.1) is 0 Å². The van der Waals surface area contributed by atoms with Crippen molar-refractivity contribution in [2.75, 3.05) is 37.6 Å². The van der Waals surface area contributed by atoms with Crippen LogP contribution in [0.3, 0.4) is 0 Å². The third-order valence-electron chi connectivity index (χ3n) is 5.00. The molecule has 1 aliphatic heterocycles. The molecule has 0 amide bonds. The van der Waals surface area contributed by atoms with Crippen molar-refractivity contribution in [3.63, 3.8) is 0 Å². The third-order valence-corrected chi connectivity index (χ3v) is 5.00. The molecule has 1 saturated heterocycles. The van der Waals surface area contributed by atoms with E-state index in [1.807, 2.05) is 6.20 Å². The van der Waals surface area contributed by atoms with Gasteiger partial charge in [0.2, 0.25) is 0 Å². The molecule has 4 nitrogen and oxygen atoms in total. The maximum atomic E-state index is 5.62. The van der Waals surface area contributed by atoms with Gasteiger partial charge < -0.3 is 10.6 Å². The van der Waals surface area contributed by atoms with E-state index < -0.39 is 0 Å². The number of rotatable bonds is 4. The first-order valence-corrected chi connectivity index (χ1v) is 8.42. The van der Waals surface area contributed by atoms with Gasteiger partial charge in [0.1, 0.15) is 5.82 Å². The fraction of sp³-hybridized carbons (Fsp3) is 0.706. The first kappa shape index (κ1) is 14.8. The Morgan fingerprint density at radius 2 is 1.90 bits per heavy atom. The summed E-state index contributed by atoms with van der Waals surface area (Å²) in [5.74, 6) is 1.17. The molecule has 1 aromatic heterocycles. The van der Waals surface area contributed by atoms with Crippen molar-refractivity contribution in [3.05, 3.63) is 23.4 Å². The van der Waals surface area contributed by atoms with Gasteiger partial charge >= 0.3 is 0 Å². The second kappa shape index (κ2) is 6.75. The van der Waals surface area contributed by atoms with E-state index >= 15 is 0 Å². The molecule has 2 fully saturated rings. The van der Waals surface area contributed by atoms with Crippen molar-refractivity contribution in [1.29, 1.82) is 0 Å². The Morgan fingerprint density at radius 3 is 2.52 bits per heavy atom. The number of piperazine rings is 1. The summed E-state index contributed by atoms with van der Waals surface area (Å²) in [6.07, 6.45) is 8.58. The molecule has 1 saturated carbocycles.